The Morgan fingerprint density at radius 1 is 1.22 bits per heavy atom. The number of carbonyl (C=O) groups excluding carboxylic acids is 1. The molecular weight excluding hydrogens is 428 g/mol. The lowest BCUT2D eigenvalue weighted by Gasteiger charge is -2.13. The van der Waals surface area contributed by atoms with Gasteiger partial charge in [0, 0.05) is 19.5 Å². The third kappa shape index (κ3) is 3.23. The van der Waals surface area contributed by atoms with Crippen molar-refractivity contribution in [2.45, 2.75) is 12.5 Å². The summed E-state index contributed by atoms with van der Waals surface area (Å²) in [6.07, 6.45) is 4.40. The van der Waals surface area contributed by atoms with Crippen LogP contribution in [0.15, 0.2) is 37.7 Å². The topological polar surface area (TPSA) is 55.1 Å². The third-order valence-electron chi connectivity index (χ3n) is 2.71. The van der Waals surface area contributed by atoms with Gasteiger partial charge in [-0.15, -0.1) is 0 Å². The Kier molecular flexibility index (Phi) is 4.64. The van der Waals surface area contributed by atoms with Crippen molar-refractivity contribution >= 4 is 59.4 Å². The van der Waals surface area contributed by atoms with E-state index >= 15 is 0 Å². The zero-order valence-electron chi connectivity index (χ0n) is 9.29. The van der Waals surface area contributed by atoms with Crippen LogP contribution in [0, 0.1) is 5.92 Å². The summed E-state index contributed by atoms with van der Waals surface area (Å²) in [6.45, 7) is 0. The van der Waals surface area contributed by atoms with E-state index in [0.717, 1.165) is 19.1 Å². The highest BCUT2D eigenvalue weighted by molar-refractivity contribution is 9.11. The molecule has 1 aromatic rings. The Morgan fingerprint density at radius 2 is 1.83 bits per heavy atom. The van der Waals surface area contributed by atoms with Crippen molar-refractivity contribution in [3.05, 3.63) is 37.7 Å². The fraction of sp³-hybridized carbons (Fsp3) is 0.250. The number of anilines is 1. The molecule has 0 saturated carbocycles. The molecule has 0 aromatic heterocycles. The number of amides is 1. The monoisotopic (exact) mass is 436 g/mol. The molecule has 0 saturated heterocycles. The van der Waals surface area contributed by atoms with Crippen LogP contribution in [0.2, 0.25) is 0 Å². The molecular formula is C12H11Br3N2O. The Labute approximate surface area is 131 Å². The first-order valence-electron chi connectivity index (χ1n) is 5.36. The minimum Gasteiger partial charge on any atom is -0.324 e. The summed E-state index contributed by atoms with van der Waals surface area (Å²) in [4.78, 5) is 12.1. The summed E-state index contributed by atoms with van der Waals surface area (Å²) in [6, 6.07) is 3.75. The Bertz CT molecular complexity index is 493. The first kappa shape index (κ1) is 14.2. The number of benzene rings is 1. The lowest BCUT2D eigenvalue weighted by Crippen LogP contribution is -2.24. The van der Waals surface area contributed by atoms with Gasteiger partial charge in [-0.25, -0.2) is 0 Å². The predicted molar refractivity (Wildman–Crippen MR) is 83.4 cm³/mol. The largest absolute Gasteiger partial charge is 0.324 e. The van der Waals surface area contributed by atoms with Gasteiger partial charge < -0.3 is 11.1 Å². The first-order valence-corrected chi connectivity index (χ1v) is 7.74. The van der Waals surface area contributed by atoms with Crippen molar-refractivity contribution in [1.29, 1.82) is 0 Å². The highest BCUT2D eigenvalue weighted by Gasteiger charge is 2.23. The molecule has 2 unspecified atom stereocenters. The highest BCUT2D eigenvalue weighted by Crippen LogP contribution is 2.35. The Morgan fingerprint density at radius 3 is 2.33 bits per heavy atom. The quantitative estimate of drug-likeness (QED) is 0.690. The molecule has 96 valence electrons. The van der Waals surface area contributed by atoms with Crippen LogP contribution in [-0.2, 0) is 4.79 Å². The van der Waals surface area contributed by atoms with Gasteiger partial charge in [0.2, 0.25) is 5.91 Å². The summed E-state index contributed by atoms with van der Waals surface area (Å²) in [5, 5.41) is 2.91. The fourth-order valence-corrected chi connectivity index (χ4v) is 4.26. The smallest absolute Gasteiger partial charge is 0.231 e. The van der Waals surface area contributed by atoms with E-state index in [2.05, 4.69) is 53.1 Å². The van der Waals surface area contributed by atoms with E-state index in [1.807, 2.05) is 24.3 Å². The summed E-state index contributed by atoms with van der Waals surface area (Å²) in [7, 11) is 0. The van der Waals surface area contributed by atoms with Gasteiger partial charge in [0.25, 0.3) is 0 Å². The average Bonchev–Trinajstić information content (AvgIpc) is 2.70. The second kappa shape index (κ2) is 5.86. The standard InChI is InChI=1S/C12H11Br3N2O/c13-7-4-9(14)11(10(15)5-7)17-12(18)6-1-2-8(16)3-6/h1-2,4-6,8H,3,16H2,(H,17,18). The minimum atomic E-state index is -0.151. The van der Waals surface area contributed by atoms with Gasteiger partial charge in [-0.3, -0.25) is 4.79 Å². The zero-order valence-corrected chi connectivity index (χ0v) is 14.0. The average molecular weight is 439 g/mol. The van der Waals surface area contributed by atoms with Crippen molar-refractivity contribution < 1.29 is 4.79 Å². The van der Waals surface area contributed by atoms with Gasteiger partial charge in [-0.1, -0.05) is 28.1 Å². The number of hydrogen-bond donors (Lipinski definition) is 2. The number of hydrogen-bond acceptors (Lipinski definition) is 2. The summed E-state index contributed by atoms with van der Waals surface area (Å²) < 4.78 is 2.58. The molecule has 1 aliphatic rings. The van der Waals surface area contributed by atoms with Crippen molar-refractivity contribution in [2.24, 2.45) is 11.7 Å². The number of rotatable bonds is 2. The van der Waals surface area contributed by atoms with Crippen LogP contribution in [0.4, 0.5) is 5.69 Å². The maximum absolute atomic E-state index is 12.1. The Balaban J connectivity index is 2.15. The maximum Gasteiger partial charge on any atom is 0.231 e. The predicted octanol–water partition coefficient (Wildman–Crippen LogP) is 3.82. The van der Waals surface area contributed by atoms with E-state index in [-0.39, 0.29) is 17.9 Å². The van der Waals surface area contributed by atoms with E-state index in [1.165, 1.54) is 0 Å². The molecule has 2 rings (SSSR count). The van der Waals surface area contributed by atoms with E-state index in [0.29, 0.717) is 6.42 Å². The van der Waals surface area contributed by atoms with E-state index in [4.69, 9.17) is 5.73 Å². The fourth-order valence-electron chi connectivity index (χ4n) is 1.80. The highest BCUT2D eigenvalue weighted by atomic mass is 79.9. The molecule has 0 spiro atoms. The second-order valence-electron chi connectivity index (χ2n) is 4.12. The van der Waals surface area contributed by atoms with Crippen LogP contribution in [0.5, 0.6) is 0 Å². The molecule has 1 aliphatic carbocycles. The van der Waals surface area contributed by atoms with Crippen molar-refractivity contribution in [3.8, 4) is 0 Å². The molecule has 0 aliphatic heterocycles. The zero-order chi connectivity index (χ0) is 13.3. The molecule has 3 nitrogen and oxygen atoms in total. The summed E-state index contributed by atoms with van der Waals surface area (Å²) in [5.74, 6) is -0.189. The SMILES string of the molecule is NC1C=CC(C(=O)Nc2c(Br)cc(Br)cc2Br)C1. The molecule has 0 radical (unpaired) electrons. The van der Waals surface area contributed by atoms with Crippen molar-refractivity contribution in [2.75, 3.05) is 5.32 Å². The Hall–Kier alpha value is -0.170. The van der Waals surface area contributed by atoms with E-state index < -0.39 is 0 Å². The minimum absolute atomic E-state index is 0.0162. The van der Waals surface area contributed by atoms with Crippen LogP contribution < -0.4 is 11.1 Å². The van der Waals surface area contributed by atoms with Crippen molar-refractivity contribution in [3.63, 3.8) is 0 Å². The number of carbonyl (C=O) groups is 1. The number of nitrogens with one attached hydrogen (secondary N) is 1. The summed E-state index contributed by atoms with van der Waals surface area (Å²) in [5.41, 5.74) is 6.48. The van der Waals surface area contributed by atoms with Gasteiger partial charge in [0.05, 0.1) is 11.6 Å². The van der Waals surface area contributed by atoms with Gasteiger partial charge in [0.1, 0.15) is 0 Å². The molecule has 1 amide bonds. The summed E-state index contributed by atoms with van der Waals surface area (Å²) >= 11 is 10.2. The molecule has 0 bridgehead atoms. The molecule has 18 heavy (non-hydrogen) atoms. The molecule has 2 atom stereocenters. The van der Waals surface area contributed by atoms with E-state index in [1.54, 1.807) is 0 Å². The van der Waals surface area contributed by atoms with Crippen LogP contribution in [0.1, 0.15) is 6.42 Å². The molecule has 3 N–H and O–H groups in total. The van der Waals surface area contributed by atoms with Gasteiger partial charge in [0.15, 0.2) is 0 Å². The normalized spacial score (nSPS) is 22.2. The van der Waals surface area contributed by atoms with E-state index in [9.17, 15) is 4.79 Å². The molecule has 6 heteroatoms. The van der Waals surface area contributed by atoms with Gasteiger partial charge >= 0.3 is 0 Å². The van der Waals surface area contributed by atoms with Crippen LogP contribution in [0.25, 0.3) is 0 Å². The molecule has 0 fully saturated rings. The number of halogens is 3. The third-order valence-corrected chi connectivity index (χ3v) is 4.42. The molecule has 1 aromatic carbocycles. The van der Waals surface area contributed by atoms with Crippen molar-refractivity contribution in [1.82, 2.24) is 0 Å². The lowest BCUT2D eigenvalue weighted by atomic mass is 10.1. The number of nitrogens with two attached hydrogens (primary N) is 1. The molecule has 0 heterocycles. The van der Waals surface area contributed by atoms with Crippen LogP contribution >= 0.6 is 47.8 Å². The maximum atomic E-state index is 12.1. The van der Waals surface area contributed by atoms with Crippen LogP contribution in [-0.4, -0.2) is 11.9 Å². The van der Waals surface area contributed by atoms with Crippen LogP contribution in [0.3, 0.4) is 0 Å². The first-order chi connectivity index (χ1) is 8.47. The second-order valence-corrected chi connectivity index (χ2v) is 6.75. The van der Waals surface area contributed by atoms with Gasteiger partial charge in [-0.2, -0.15) is 0 Å². The lowest BCUT2D eigenvalue weighted by molar-refractivity contribution is -0.118. The van der Waals surface area contributed by atoms with Gasteiger partial charge in [-0.05, 0) is 50.4 Å².